The highest BCUT2D eigenvalue weighted by Crippen LogP contribution is 2.21. The Hall–Kier alpha value is -2.41. The lowest BCUT2D eigenvalue weighted by molar-refractivity contribution is -0.119. The van der Waals surface area contributed by atoms with Crippen LogP contribution >= 0.6 is 11.3 Å². The lowest BCUT2D eigenvalue weighted by Crippen LogP contribution is -2.25. The van der Waals surface area contributed by atoms with Crippen molar-refractivity contribution in [2.24, 2.45) is 5.92 Å². The zero-order chi connectivity index (χ0) is 17.9. The highest BCUT2D eigenvalue weighted by molar-refractivity contribution is 7.07. The van der Waals surface area contributed by atoms with Gasteiger partial charge in [-0.25, -0.2) is 0 Å². The van der Waals surface area contributed by atoms with Crippen molar-refractivity contribution < 1.29 is 9.59 Å². The molecule has 128 valence electrons. The van der Waals surface area contributed by atoms with Crippen LogP contribution in [0.4, 0.5) is 11.4 Å². The highest BCUT2D eigenvalue weighted by atomic mass is 32.1. The molecule has 0 fully saturated rings. The maximum absolute atomic E-state index is 12.2. The molecule has 0 aliphatic carbocycles. The van der Waals surface area contributed by atoms with Crippen LogP contribution in [0.2, 0.25) is 0 Å². The number of thiazole rings is 1. The first-order chi connectivity index (χ1) is 11.3. The molecule has 1 aromatic heterocycles. The molecule has 1 heterocycles. The van der Waals surface area contributed by atoms with Crippen molar-refractivity contribution >= 4 is 34.5 Å². The number of benzene rings is 1. The number of aryl methyl sites for hydroxylation is 2. The summed E-state index contributed by atoms with van der Waals surface area (Å²) >= 11 is 1.07. The predicted molar refractivity (Wildman–Crippen MR) is 96.6 cm³/mol. The van der Waals surface area contributed by atoms with E-state index in [4.69, 9.17) is 0 Å². The van der Waals surface area contributed by atoms with E-state index in [-0.39, 0.29) is 29.1 Å². The number of nitrogens with zero attached hydrogens (tertiary/aromatic N) is 1. The number of aromatic nitrogens is 1. The molecule has 7 heteroatoms. The molecular weight excluding hydrogens is 326 g/mol. The first-order valence-corrected chi connectivity index (χ1v) is 8.52. The molecule has 2 aromatic rings. The molecule has 0 spiro atoms. The summed E-state index contributed by atoms with van der Waals surface area (Å²) in [6.45, 7) is 7.25. The molecule has 2 N–H and O–H groups in total. The predicted octanol–water partition coefficient (Wildman–Crippen LogP) is 2.76. The molecule has 24 heavy (non-hydrogen) atoms. The first-order valence-electron chi connectivity index (χ1n) is 7.64. The van der Waals surface area contributed by atoms with Crippen LogP contribution in [0.5, 0.6) is 0 Å². The molecule has 0 atom stereocenters. The second-order valence-electron chi connectivity index (χ2n) is 5.95. The zero-order valence-electron chi connectivity index (χ0n) is 14.2. The number of hydrogen-bond donors (Lipinski definition) is 2. The molecule has 0 aliphatic rings. The van der Waals surface area contributed by atoms with Gasteiger partial charge in [0.05, 0.1) is 0 Å². The molecule has 2 amide bonds. The second kappa shape index (κ2) is 7.44. The number of hydrogen-bond acceptors (Lipinski definition) is 4. The van der Waals surface area contributed by atoms with Crippen LogP contribution in [0.15, 0.2) is 28.4 Å². The minimum atomic E-state index is -0.283. The average Bonchev–Trinajstić information content (AvgIpc) is 2.82. The highest BCUT2D eigenvalue weighted by Gasteiger charge is 2.12. The maximum atomic E-state index is 12.2. The van der Waals surface area contributed by atoms with Gasteiger partial charge in [0.2, 0.25) is 11.8 Å². The van der Waals surface area contributed by atoms with Gasteiger partial charge < -0.3 is 10.6 Å². The van der Waals surface area contributed by atoms with E-state index in [9.17, 15) is 14.4 Å². The van der Waals surface area contributed by atoms with Crippen molar-refractivity contribution in [1.82, 2.24) is 4.57 Å². The molecule has 0 saturated carbocycles. The summed E-state index contributed by atoms with van der Waals surface area (Å²) in [6, 6.07) is 5.34. The lowest BCUT2D eigenvalue weighted by Gasteiger charge is -2.13. The van der Waals surface area contributed by atoms with Crippen molar-refractivity contribution in [1.29, 1.82) is 0 Å². The third-order valence-corrected chi connectivity index (χ3v) is 4.46. The molecule has 0 bridgehead atoms. The molecule has 6 nitrogen and oxygen atoms in total. The van der Waals surface area contributed by atoms with Gasteiger partial charge in [-0.15, -0.1) is 0 Å². The van der Waals surface area contributed by atoms with Crippen LogP contribution in [-0.2, 0) is 16.1 Å². The van der Waals surface area contributed by atoms with Crippen molar-refractivity contribution in [3.05, 3.63) is 44.5 Å². The third kappa shape index (κ3) is 4.32. The van der Waals surface area contributed by atoms with Crippen molar-refractivity contribution in [2.75, 3.05) is 10.6 Å². The summed E-state index contributed by atoms with van der Waals surface area (Å²) in [7, 11) is 0. The number of anilines is 2. The van der Waals surface area contributed by atoms with Crippen LogP contribution in [-0.4, -0.2) is 16.4 Å². The standard InChI is InChI=1S/C17H21N3O3S/c1-10(2)16(22)18-13-6-5-11(3)14(7-13)19-15(21)8-20-12(4)9-24-17(20)23/h5-7,9-10H,8H2,1-4H3,(H,18,22)(H,19,21). The summed E-state index contributed by atoms with van der Waals surface area (Å²) < 4.78 is 1.43. The van der Waals surface area contributed by atoms with Crippen LogP contribution < -0.4 is 15.5 Å². The van der Waals surface area contributed by atoms with E-state index in [1.54, 1.807) is 24.4 Å². The Labute approximate surface area is 144 Å². The Bertz CT molecular complexity index is 821. The Morgan fingerprint density at radius 2 is 1.92 bits per heavy atom. The summed E-state index contributed by atoms with van der Waals surface area (Å²) in [4.78, 5) is 35.5. The van der Waals surface area contributed by atoms with E-state index in [1.807, 2.05) is 26.8 Å². The Balaban J connectivity index is 2.12. The van der Waals surface area contributed by atoms with E-state index in [2.05, 4.69) is 10.6 Å². The second-order valence-corrected chi connectivity index (χ2v) is 6.77. The zero-order valence-corrected chi connectivity index (χ0v) is 15.0. The van der Waals surface area contributed by atoms with Gasteiger partial charge in [0.25, 0.3) is 0 Å². The van der Waals surface area contributed by atoms with E-state index in [0.717, 1.165) is 22.6 Å². The quantitative estimate of drug-likeness (QED) is 0.873. The summed E-state index contributed by atoms with van der Waals surface area (Å²) in [6.07, 6.45) is 0. The van der Waals surface area contributed by atoms with Gasteiger partial charge in [-0.3, -0.25) is 19.0 Å². The number of carbonyl (C=O) groups excluding carboxylic acids is 2. The van der Waals surface area contributed by atoms with Crippen LogP contribution in [0, 0.1) is 19.8 Å². The summed E-state index contributed by atoms with van der Waals surface area (Å²) in [5.41, 5.74) is 2.87. The SMILES string of the molecule is Cc1ccc(NC(=O)C(C)C)cc1NC(=O)Cn1c(C)csc1=O. The van der Waals surface area contributed by atoms with Gasteiger partial charge in [-0.2, -0.15) is 0 Å². The fourth-order valence-electron chi connectivity index (χ4n) is 2.05. The third-order valence-electron chi connectivity index (χ3n) is 3.58. The van der Waals surface area contributed by atoms with Crippen molar-refractivity contribution in [2.45, 2.75) is 34.2 Å². The van der Waals surface area contributed by atoms with Gasteiger partial charge >= 0.3 is 4.87 Å². The van der Waals surface area contributed by atoms with E-state index >= 15 is 0 Å². The Morgan fingerprint density at radius 1 is 1.21 bits per heavy atom. The number of rotatable bonds is 5. The summed E-state index contributed by atoms with van der Waals surface area (Å²) in [5, 5.41) is 7.33. The van der Waals surface area contributed by atoms with Crippen LogP contribution in [0.1, 0.15) is 25.1 Å². The van der Waals surface area contributed by atoms with E-state index < -0.39 is 0 Å². The monoisotopic (exact) mass is 347 g/mol. The molecular formula is C17H21N3O3S. The van der Waals surface area contributed by atoms with Gasteiger partial charge in [0, 0.05) is 28.4 Å². The Morgan fingerprint density at radius 3 is 2.50 bits per heavy atom. The fraction of sp³-hybridized carbons (Fsp3) is 0.353. The molecule has 2 rings (SSSR count). The minimum Gasteiger partial charge on any atom is -0.326 e. The lowest BCUT2D eigenvalue weighted by atomic mass is 10.1. The molecule has 0 saturated heterocycles. The van der Waals surface area contributed by atoms with Crippen LogP contribution in [0.25, 0.3) is 0 Å². The average molecular weight is 347 g/mol. The Kier molecular flexibility index (Phi) is 5.56. The van der Waals surface area contributed by atoms with Gasteiger partial charge in [0.15, 0.2) is 0 Å². The van der Waals surface area contributed by atoms with E-state index in [1.165, 1.54) is 4.57 Å². The summed E-state index contributed by atoms with van der Waals surface area (Å²) in [5.74, 6) is -0.497. The largest absolute Gasteiger partial charge is 0.326 e. The number of carbonyl (C=O) groups is 2. The number of nitrogens with one attached hydrogen (secondary N) is 2. The molecule has 1 aromatic carbocycles. The maximum Gasteiger partial charge on any atom is 0.307 e. The normalized spacial score (nSPS) is 10.7. The fourth-order valence-corrected chi connectivity index (χ4v) is 2.78. The topological polar surface area (TPSA) is 80.2 Å². The molecule has 0 radical (unpaired) electrons. The van der Waals surface area contributed by atoms with Gasteiger partial charge in [-0.05, 0) is 31.5 Å². The van der Waals surface area contributed by atoms with Crippen LogP contribution in [0.3, 0.4) is 0 Å². The van der Waals surface area contributed by atoms with E-state index in [0.29, 0.717) is 11.4 Å². The van der Waals surface area contributed by atoms with Crippen molar-refractivity contribution in [3.8, 4) is 0 Å². The van der Waals surface area contributed by atoms with Gasteiger partial charge in [-0.1, -0.05) is 31.3 Å². The molecule has 0 unspecified atom stereocenters. The minimum absolute atomic E-state index is 0.0316. The molecule has 0 aliphatic heterocycles. The number of amides is 2. The first kappa shape index (κ1) is 17.9. The van der Waals surface area contributed by atoms with Gasteiger partial charge in [0.1, 0.15) is 6.54 Å². The van der Waals surface area contributed by atoms with Crippen molar-refractivity contribution in [3.63, 3.8) is 0 Å². The smallest absolute Gasteiger partial charge is 0.307 e.